The molecule has 9 heteroatoms. The molecule has 0 aliphatic rings. The molecule has 0 saturated carbocycles. The van der Waals surface area contributed by atoms with Gasteiger partial charge in [-0.05, 0) is 70.6 Å². The van der Waals surface area contributed by atoms with Crippen molar-refractivity contribution >= 4 is 13.8 Å². The number of hydrogen-bond acceptors (Lipinski definition) is 6. The molecule has 0 aliphatic heterocycles. The summed E-state index contributed by atoms with van der Waals surface area (Å²) < 4.78 is 34.9. The number of likely N-dealkylation sites (N-methyl/N-ethyl adjacent to an activating group) is 1. The lowest BCUT2D eigenvalue weighted by Gasteiger charge is -2.24. The minimum absolute atomic E-state index is 0.0796. The molecular weight excluding hydrogens is 746 g/mol. The van der Waals surface area contributed by atoms with Gasteiger partial charge in [-0.2, -0.15) is 0 Å². The fraction of sp³-hybridized carbons (Fsp3) is 0.694. The highest BCUT2D eigenvalue weighted by molar-refractivity contribution is 7.47. The largest absolute Gasteiger partial charge is 0.472 e. The van der Waals surface area contributed by atoms with Crippen molar-refractivity contribution in [3.8, 4) is 0 Å². The Labute approximate surface area is 356 Å². The second-order valence-electron chi connectivity index (χ2n) is 16.1. The number of phosphoric ester groups is 1. The maximum Gasteiger partial charge on any atom is 0.472 e. The lowest BCUT2D eigenvalue weighted by Crippen LogP contribution is -2.37. The predicted octanol–water partition coefficient (Wildman–Crippen LogP) is 13.7. The van der Waals surface area contributed by atoms with Crippen LogP contribution >= 0.6 is 7.82 Å². The molecule has 58 heavy (non-hydrogen) atoms. The summed E-state index contributed by atoms with van der Waals surface area (Å²) in [6.45, 7) is 5.41. The van der Waals surface area contributed by atoms with Crippen molar-refractivity contribution < 1.29 is 37.3 Å². The van der Waals surface area contributed by atoms with Gasteiger partial charge in [0.25, 0.3) is 0 Å². The Balaban J connectivity index is 4.21. The number of hydrogen-bond donors (Lipinski definition) is 1. The van der Waals surface area contributed by atoms with Crippen molar-refractivity contribution in [3.63, 3.8) is 0 Å². The Kier molecular flexibility index (Phi) is 39.8. The van der Waals surface area contributed by atoms with Gasteiger partial charge in [-0.1, -0.05) is 170 Å². The molecular formula is C49H87NO7P+. The van der Waals surface area contributed by atoms with E-state index < -0.39 is 13.9 Å². The Morgan fingerprint density at radius 1 is 0.552 bits per heavy atom. The van der Waals surface area contributed by atoms with Gasteiger partial charge in [0.2, 0.25) is 0 Å². The fourth-order valence-electron chi connectivity index (χ4n) is 5.71. The quantitative estimate of drug-likeness (QED) is 0.0216. The van der Waals surface area contributed by atoms with Crippen molar-refractivity contribution in [1.29, 1.82) is 0 Å². The highest BCUT2D eigenvalue weighted by Crippen LogP contribution is 2.43. The normalized spacial score (nSPS) is 14.5. The summed E-state index contributed by atoms with van der Waals surface area (Å²) in [4.78, 5) is 22.8. The van der Waals surface area contributed by atoms with Gasteiger partial charge in [-0.3, -0.25) is 13.8 Å². The predicted molar refractivity (Wildman–Crippen MR) is 247 cm³/mol. The highest BCUT2D eigenvalue weighted by Gasteiger charge is 2.26. The second kappa shape index (κ2) is 41.4. The van der Waals surface area contributed by atoms with Crippen LogP contribution in [0, 0.1) is 0 Å². The summed E-state index contributed by atoms with van der Waals surface area (Å²) in [5.74, 6) is -0.329. The van der Waals surface area contributed by atoms with Gasteiger partial charge in [0.05, 0.1) is 34.4 Å². The minimum Gasteiger partial charge on any atom is -0.457 e. The third-order valence-corrected chi connectivity index (χ3v) is 10.2. The van der Waals surface area contributed by atoms with Crippen LogP contribution in [0.5, 0.6) is 0 Å². The van der Waals surface area contributed by atoms with Crippen LogP contribution in [0.2, 0.25) is 0 Å². The molecule has 0 amide bonds. The third kappa shape index (κ3) is 44.8. The number of esters is 1. The molecule has 8 nitrogen and oxygen atoms in total. The lowest BCUT2D eigenvalue weighted by molar-refractivity contribution is -0.870. The number of quaternary nitrogens is 1. The molecule has 0 saturated heterocycles. The molecule has 0 rings (SSSR count). The molecule has 0 radical (unpaired) electrons. The Hall–Kier alpha value is -2.32. The standard InChI is InChI=1S/C49H86NO7P/c1-6-8-10-12-14-16-18-19-20-21-22-23-24-25-26-27-28-29-30-31-32-33-35-37-39-41-44-54-46-48(47-56-58(52,53)55-45-43-50(3,4)5)57-49(51)42-40-38-36-34-17-15-13-11-9-7-2/h8,10,14,16,19-20,22-23,25-26,28-29,31-32,48H,6-7,9,11-13,15,17-18,21,24,27,30,33-47H2,1-5H3/p+1/b10-8-,16-14-,20-19-,23-22-,26-25-,29-28-,32-31-. The molecule has 0 spiro atoms. The van der Waals surface area contributed by atoms with E-state index >= 15 is 0 Å². The fourth-order valence-corrected chi connectivity index (χ4v) is 6.45. The number of unbranched alkanes of at least 4 members (excludes halogenated alkanes) is 13. The molecule has 0 bridgehead atoms. The summed E-state index contributed by atoms with van der Waals surface area (Å²) in [6, 6.07) is 0. The summed E-state index contributed by atoms with van der Waals surface area (Å²) in [7, 11) is 1.64. The maximum atomic E-state index is 12.6. The molecule has 2 atom stereocenters. The summed E-state index contributed by atoms with van der Waals surface area (Å²) in [6.07, 6.45) is 54.8. The van der Waals surface area contributed by atoms with Crippen LogP contribution < -0.4 is 0 Å². The number of nitrogens with zero attached hydrogens (tertiary/aromatic N) is 1. The highest BCUT2D eigenvalue weighted by atomic mass is 31.2. The van der Waals surface area contributed by atoms with E-state index in [1.165, 1.54) is 44.9 Å². The van der Waals surface area contributed by atoms with Gasteiger partial charge in [-0.15, -0.1) is 0 Å². The number of carbonyl (C=O) groups is 1. The molecule has 0 fully saturated rings. The van der Waals surface area contributed by atoms with E-state index in [9.17, 15) is 14.3 Å². The number of phosphoric acid groups is 1. The first-order valence-corrected chi connectivity index (χ1v) is 24.3. The smallest absolute Gasteiger partial charge is 0.457 e. The molecule has 334 valence electrons. The average molecular weight is 833 g/mol. The first-order chi connectivity index (χ1) is 28.1. The monoisotopic (exact) mass is 833 g/mol. The summed E-state index contributed by atoms with van der Waals surface area (Å²) in [5, 5.41) is 0. The van der Waals surface area contributed by atoms with E-state index in [2.05, 4.69) is 98.9 Å². The van der Waals surface area contributed by atoms with Crippen LogP contribution in [0.15, 0.2) is 85.1 Å². The van der Waals surface area contributed by atoms with E-state index in [4.69, 9.17) is 18.5 Å². The third-order valence-electron chi connectivity index (χ3n) is 9.22. The molecule has 0 aromatic heterocycles. The van der Waals surface area contributed by atoms with Gasteiger partial charge in [0.15, 0.2) is 0 Å². The molecule has 2 unspecified atom stereocenters. The Morgan fingerprint density at radius 2 is 1.00 bits per heavy atom. The van der Waals surface area contributed by atoms with E-state index in [1.54, 1.807) is 0 Å². The van der Waals surface area contributed by atoms with E-state index in [0.717, 1.165) is 96.3 Å². The zero-order valence-electron chi connectivity index (χ0n) is 37.8. The molecule has 0 aliphatic carbocycles. The summed E-state index contributed by atoms with van der Waals surface area (Å²) >= 11 is 0. The first-order valence-electron chi connectivity index (χ1n) is 22.8. The van der Waals surface area contributed by atoms with Gasteiger partial charge >= 0.3 is 13.8 Å². The number of allylic oxidation sites excluding steroid dienone is 14. The second-order valence-corrected chi connectivity index (χ2v) is 17.5. The van der Waals surface area contributed by atoms with Crippen LogP contribution in [-0.4, -0.2) is 75.6 Å². The lowest BCUT2D eigenvalue weighted by atomic mass is 10.1. The molecule has 0 heterocycles. The van der Waals surface area contributed by atoms with E-state index in [1.807, 2.05) is 21.1 Å². The summed E-state index contributed by atoms with van der Waals surface area (Å²) in [5.41, 5.74) is 0. The SMILES string of the molecule is CC/C=C\C/C=C\C/C=C\C/C=C\C/C=C\C/C=C\C/C=C\CCCCCCOCC(COP(=O)(O)OCC[N+](C)(C)C)OC(=O)CCCCCCCCCCCC. The van der Waals surface area contributed by atoms with E-state index in [0.29, 0.717) is 24.1 Å². The molecule has 0 aromatic carbocycles. The van der Waals surface area contributed by atoms with Gasteiger partial charge in [0, 0.05) is 13.0 Å². The van der Waals surface area contributed by atoms with Gasteiger partial charge < -0.3 is 18.9 Å². The maximum absolute atomic E-state index is 12.6. The average Bonchev–Trinajstić information content (AvgIpc) is 3.18. The van der Waals surface area contributed by atoms with Crippen LogP contribution in [0.25, 0.3) is 0 Å². The van der Waals surface area contributed by atoms with E-state index in [-0.39, 0.29) is 25.8 Å². The van der Waals surface area contributed by atoms with Crippen LogP contribution in [0.4, 0.5) is 0 Å². The van der Waals surface area contributed by atoms with Crippen LogP contribution in [0.1, 0.15) is 162 Å². The van der Waals surface area contributed by atoms with Gasteiger partial charge in [0.1, 0.15) is 19.3 Å². The van der Waals surface area contributed by atoms with Crippen molar-refractivity contribution in [3.05, 3.63) is 85.1 Å². The topological polar surface area (TPSA) is 91.3 Å². The van der Waals surface area contributed by atoms with Crippen LogP contribution in [-0.2, 0) is 27.9 Å². The van der Waals surface area contributed by atoms with Crippen molar-refractivity contribution in [2.24, 2.45) is 0 Å². The van der Waals surface area contributed by atoms with Gasteiger partial charge in [-0.25, -0.2) is 4.57 Å². The molecule has 0 aromatic rings. The minimum atomic E-state index is -4.28. The number of rotatable bonds is 41. The van der Waals surface area contributed by atoms with Crippen molar-refractivity contribution in [1.82, 2.24) is 0 Å². The zero-order valence-corrected chi connectivity index (χ0v) is 38.6. The molecule has 1 N–H and O–H groups in total. The van der Waals surface area contributed by atoms with Crippen molar-refractivity contribution in [2.45, 2.75) is 168 Å². The zero-order chi connectivity index (χ0) is 42.7. The number of ether oxygens (including phenoxy) is 2. The van der Waals surface area contributed by atoms with Crippen molar-refractivity contribution in [2.75, 3.05) is 54.1 Å². The first kappa shape index (κ1) is 55.7. The Morgan fingerprint density at radius 3 is 1.50 bits per heavy atom. The van der Waals surface area contributed by atoms with Crippen LogP contribution in [0.3, 0.4) is 0 Å². The Bertz CT molecular complexity index is 1200. The number of carbonyl (C=O) groups excluding carboxylic acids is 1.